The highest BCUT2D eigenvalue weighted by molar-refractivity contribution is 6.29. The molecule has 0 fully saturated rings. The van der Waals surface area contributed by atoms with Gasteiger partial charge in [-0.1, -0.05) is 11.6 Å². The maximum atomic E-state index is 12.4. The lowest BCUT2D eigenvalue weighted by Crippen LogP contribution is -2.05. The van der Waals surface area contributed by atoms with Gasteiger partial charge < -0.3 is 4.74 Å². The lowest BCUT2D eigenvalue weighted by atomic mass is 10.2. The number of ether oxygens (including phenoxy) is 1. The quantitative estimate of drug-likeness (QED) is 0.843. The van der Waals surface area contributed by atoms with Gasteiger partial charge in [-0.25, -0.2) is 4.98 Å². The van der Waals surface area contributed by atoms with Crippen molar-refractivity contribution in [2.75, 3.05) is 0 Å². The maximum Gasteiger partial charge on any atom is 0.416 e. The van der Waals surface area contributed by atoms with Gasteiger partial charge in [0.15, 0.2) is 5.15 Å². The van der Waals surface area contributed by atoms with Gasteiger partial charge in [-0.05, 0) is 12.1 Å². The van der Waals surface area contributed by atoms with Gasteiger partial charge in [0.25, 0.3) is 0 Å². The largest absolute Gasteiger partial charge is 0.419 e. The summed E-state index contributed by atoms with van der Waals surface area (Å²) in [6.45, 7) is 0. The second kappa shape index (κ2) is 4.77. The molecule has 2 heterocycles. The minimum atomic E-state index is -4.45. The van der Waals surface area contributed by atoms with E-state index in [2.05, 4.69) is 15.2 Å². The maximum absolute atomic E-state index is 12.4. The minimum absolute atomic E-state index is 0.00576. The second-order valence-electron chi connectivity index (χ2n) is 3.18. The molecule has 0 N–H and O–H groups in total. The standard InChI is InChI=1S/C10H5ClF3N3O/c11-7-1-2-8(17-16-7)18-9-5-6(3-4-15-9)10(12,13)14/h1-5H. The van der Waals surface area contributed by atoms with E-state index < -0.39 is 11.7 Å². The zero-order valence-corrected chi connectivity index (χ0v) is 9.40. The highest BCUT2D eigenvalue weighted by Gasteiger charge is 2.31. The van der Waals surface area contributed by atoms with Gasteiger partial charge in [0.05, 0.1) is 5.56 Å². The molecule has 2 aromatic heterocycles. The summed E-state index contributed by atoms with van der Waals surface area (Å²) in [7, 11) is 0. The molecule has 94 valence electrons. The molecule has 4 nitrogen and oxygen atoms in total. The molecule has 0 radical (unpaired) electrons. The molecule has 2 rings (SSSR count). The average Bonchev–Trinajstić information content (AvgIpc) is 2.31. The summed E-state index contributed by atoms with van der Waals surface area (Å²) in [5, 5.41) is 7.18. The Morgan fingerprint density at radius 2 is 1.83 bits per heavy atom. The fourth-order valence-corrected chi connectivity index (χ4v) is 1.21. The number of rotatable bonds is 2. The molecule has 0 unspecified atom stereocenters. The van der Waals surface area contributed by atoms with Crippen LogP contribution < -0.4 is 4.74 Å². The van der Waals surface area contributed by atoms with E-state index in [1.54, 1.807) is 0 Å². The third-order valence-electron chi connectivity index (χ3n) is 1.88. The molecular formula is C10H5ClF3N3O. The number of hydrogen-bond acceptors (Lipinski definition) is 4. The lowest BCUT2D eigenvalue weighted by molar-refractivity contribution is -0.137. The fourth-order valence-electron chi connectivity index (χ4n) is 1.11. The molecule has 8 heteroatoms. The van der Waals surface area contributed by atoms with E-state index in [0.717, 1.165) is 18.3 Å². The Morgan fingerprint density at radius 1 is 1.06 bits per heavy atom. The van der Waals surface area contributed by atoms with Gasteiger partial charge in [0.2, 0.25) is 11.8 Å². The van der Waals surface area contributed by atoms with Crippen molar-refractivity contribution in [2.45, 2.75) is 6.18 Å². The first-order chi connectivity index (χ1) is 8.45. The first-order valence-electron chi connectivity index (χ1n) is 4.65. The first kappa shape index (κ1) is 12.6. The van der Waals surface area contributed by atoms with Crippen LogP contribution in [0.15, 0.2) is 30.5 Å². The van der Waals surface area contributed by atoms with Crippen LogP contribution in [0.3, 0.4) is 0 Å². The van der Waals surface area contributed by atoms with Gasteiger partial charge in [0, 0.05) is 18.3 Å². The summed E-state index contributed by atoms with van der Waals surface area (Å²) in [6.07, 6.45) is -3.45. The van der Waals surface area contributed by atoms with Crippen LogP contribution in [-0.2, 0) is 6.18 Å². The van der Waals surface area contributed by atoms with Crippen molar-refractivity contribution >= 4 is 11.6 Å². The summed E-state index contributed by atoms with van der Waals surface area (Å²) >= 11 is 5.51. The highest BCUT2D eigenvalue weighted by Crippen LogP contribution is 2.31. The molecule has 0 aliphatic rings. The Hall–Kier alpha value is -1.89. The molecule has 0 aliphatic heterocycles. The van der Waals surface area contributed by atoms with E-state index in [9.17, 15) is 13.2 Å². The van der Waals surface area contributed by atoms with Gasteiger partial charge in [-0.3, -0.25) is 0 Å². The molecule has 0 aromatic carbocycles. The summed E-state index contributed by atoms with van der Waals surface area (Å²) in [5.41, 5.74) is -0.852. The average molecular weight is 276 g/mol. The summed E-state index contributed by atoms with van der Waals surface area (Å²) in [4.78, 5) is 3.65. The van der Waals surface area contributed by atoms with Crippen molar-refractivity contribution in [2.24, 2.45) is 0 Å². The van der Waals surface area contributed by atoms with Crippen LogP contribution in [0.5, 0.6) is 11.8 Å². The van der Waals surface area contributed by atoms with Crippen LogP contribution in [0.2, 0.25) is 5.15 Å². The summed E-state index contributed by atoms with van der Waals surface area (Å²) in [5.74, 6) is -0.215. The minimum Gasteiger partial charge on any atom is -0.419 e. The lowest BCUT2D eigenvalue weighted by Gasteiger charge is -2.08. The monoisotopic (exact) mass is 275 g/mol. The van der Waals surface area contributed by atoms with Crippen molar-refractivity contribution < 1.29 is 17.9 Å². The molecule has 18 heavy (non-hydrogen) atoms. The fraction of sp³-hybridized carbons (Fsp3) is 0.100. The molecule has 0 atom stereocenters. The topological polar surface area (TPSA) is 47.9 Å². The Balaban J connectivity index is 2.22. The van der Waals surface area contributed by atoms with Crippen molar-refractivity contribution in [1.29, 1.82) is 0 Å². The zero-order chi connectivity index (χ0) is 13.2. The SMILES string of the molecule is FC(F)(F)c1ccnc(Oc2ccc(Cl)nn2)c1. The van der Waals surface area contributed by atoms with Gasteiger partial charge in [-0.15, -0.1) is 10.2 Å². The molecule has 0 saturated heterocycles. The summed E-state index contributed by atoms with van der Waals surface area (Å²) in [6, 6.07) is 4.39. The van der Waals surface area contributed by atoms with Crippen LogP contribution >= 0.6 is 11.6 Å². The number of pyridine rings is 1. The highest BCUT2D eigenvalue weighted by atomic mass is 35.5. The van der Waals surface area contributed by atoms with Crippen molar-refractivity contribution in [3.63, 3.8) is 0 Å². The van der Waals surface area contributed by atoms with E-state index in [1.165, 1.54) is 12.1 Å². The molecule has 0 saturated carbocycles. The van der Waals surface area contributed by atoms with E-state index in [-0.39, 0.29) is 16.9 Å². The second-order valence-corrected chi connectivity index (χ2v) is 3.56. The van der Waals surface area contributed by atoms with Crippen LogP contribution in [0.25, 0.3) is 0 Å². The number of hydrogen-bond donors (Lipinski definition) is 0. The van der Waals surface area contributed by atoms with Crippen molar-refractivity contribution in [3.05, 3.63) is 41.2 Å². The smallest absolute Gasteiger partial charge is 0.416 e. The van der Waals surface area contributed by atoms with E-state index in [0.29, 0.717) is 0 Å². The third kappa shape index (κ3) is 3.07. The molecule has 2 aromatic rings. The van der Waals surface area contributed by atoms with E-state index in [1.807, 2.05) is 0 Å². The van der Waals surface area contributed by atoms with Gasteiger partial charge in [-0.2, -0.15) is 13.2 Å². The van der Waals surface area contributed by atoms with E-state index >= 15 is 0 Å². The summed E-state index contributed by atoms with van der Waals surface area (Å²) < 4.78 is 42.3. The number of aromatic nitrogens is 3. The molecule has 0 bridgehead atoms. The third-order valence-corrected chi connectivity index (χ3v) is 2.08. The Morgan fingerprint density at radius 3 is 2.44 bits per heavy atom. The van der Waals surface area contributed by atoms with Crippen molar-refractivity contribution in [1.82, 2.24) is 15.2 Å². The Kier molecular flexibility index (Phi) is 3.33. The normalized spacial score (nSPS) is 11.3. The molecule has 0 amide bonds. The predicted molar refractivity (Wildman–Crippen MR) is 56.4 cm³/mol. The van der Waals surface area contributed by atoms with E-state index in [4.69, 9.17) is 16.3 Å². The zero-order valence-electron chi connectivity index (χ0n) is 8.65. The Bertz CT molecular complexity index is 545. The molecular weight excluding hydrogens is 271 g/mol. The van der Waals surface area contributed by atoms with Crippen LogP contribution in [0, 0.1) is 0 Å². The van der Waals surface area contributed by atoms with Gasteiger partial charge in [0.1, 0.15) is 0 Å². The molecule has 0 aliphatic carbocycles. The predicted octanol–water partition coefficient (Wildman–Crippen LogP) is 3.34. The number of nitrogens with zero attached hydrogens (tertiary/aromatic N) is 3. The first-order valence-corrected chi connectivity index (χ1v) is 5.03. The number of halogens is 4. The number of alkyl halides is 3. The van der Waals surface area contributed by atoms with Crippen LogP contribution in [-0.4, -0.2) is 15.2 Å². The van der Waals surface area contributed by atoms with Crippen LogP contribution in [0.4, 0.5) is 13.2 Å². The Labute approximate surface area is 104 Å². The molecule has 0 spiro atoms. The van der Waals surface area contributed by atoms with Crippen LogP contribution in [0.1, 0.15) is 5.56 Å². The van der Waals surface area contributed by atoms with Gasteiger partial charge >= 0.3 is 6.18 Å². The van der Waals surface area contributed by atoms with Crippen molar-refractivity contribution in [3.8, 4) is 11.8 Å².